The number of benzene rings is 1. The van der Waals surface area contributed by atoms with Crippen molar-refractivity contribution in [2.45, 2.75) is 17.9 Å². The first-order chi connectivity index (χ1) is 8.66. The Morgan fingerprint density at radius 1 is 1.44 bits per heavy atom. The van der Waals surface area contributed by atoms with Gasteiger partial charge in [0, 0.05) is 29.6 Å². The number of hydrogen-bond donors (Lipinski definition) is 1. The highest BCUT2D eigenvalue weighted by Crippen LogP contribution is 2.21. The Morgan fingerprint density at radius 3 is 2.94 bits per heavy atom. The van der Waals surface area contributed by atoms with Gasteiger partial charge in [-0.25, -0.2) is 4.98 Å². The zero-order valence-electron chi connectivity index (χ0n) is 9.75. The molecule has 0 aliphatic rings. The molecular formula is C12H14ClN3OS. The van der Waals surface area contributed by atoms with Crippen molar-refractivity contribution < 1.29 is 4.21 Å². The summed E-state index contributed by atoms with van der Waals surface area (Å²) < 4.78 is 14.0. The maximum atomic E-state index is 12.0. The van der Waals surface area contributed by atoms with E-state index in [1.54, 1.807) is 30.7 Å². The highest BCUT2D eigenvalue weighted by Gasteiger charge is 2.06. The lowest BCUT2D eigenvalue weighted by Gasteiger charge is -2.05. The van der Waals surface area contributed by atoms with Gasteiger partial charge in [-0.1, -0.05) is 11.6 Å². The second-order valence-electron chi connectivity index (χ2n) is 3.89. The molecule has 1 unspecified atom stereocenters. The molecule has 1 heterocycles. The summed E-state index contributed by atoms with van der Waals surface area (Å²) in [5, 5.41) is 0.454. The van der Waals surface area contributed by atoms with Crippen molar-refractivity contribution in [3.63, 3.8) is 0 Å². The van der Waals surface area contributed by atoms with E-state index >= 15 is 0 Å². The van der Waals surface area contributed by atoms with E-state index in [2.05, 4.69) is 4.98 Å². The molecule has 0 spiro atoms. The SMILES string of the molecule is Nc1ccc(S(=O)CCCn2ccnc2)cc1Cl. The highest BCUT2D eigenvalue weighted by atomic mass is 35.5. The molecule has 0 aliphatic carbocycles. The molecule has 1 aromatic carbocycles. The van der Waals surface area contributed by atoms with E-state index in [9.17, 15) is 4.21 Å². The minimum absolute atomic E-state index is 0.454. The van der Waals surface area contributed by atoms with E-state index in [1.807, 2.05) is 10.8 Å². The zero-order chi connectivity index (χ0) is 13.0. The monoisotopic (exact) mass is 283 g/mol. The highest BCUT2D eigenvalue weighted by molar-refractivity contribution is 7.85. The van der Waals surface area contributed by atoms with Crippen LogP contribution in [0.4, 0.5) is 5.69 Å². The van der Waals surface area contributed by atoms with E-state index in [0.717, 1.165) is 17.9 Å². The molecule has 2 rings (SSSR count). The number of aromatic nitrogens is 2. The third-order valence-corrected chi connectivity index (χ3v) is 4.31. The predicted octanol–water partition coefficient (Wildman–Crippen LogP) is 2.32. The van der Waals surface area contributed by atoms with Gasteiger partial charge in [-0.05, 0) is 24.6 Å². The van der Waals surface area contributed by atoms with Gasteiger partial charge in [0.2, 0.25) is 0 Å². The Labute approximate surface area is 113 Å². The number of nitrogens with zero attached hydrogens (tertiary/aromatic N) is 2. The van der Waals surface area contributed by atoms with Crippen LogP contribution in [0.5, 0.6) is 0 Å². The molecule has 96 valence electrons. The fraction of sp³-hybridized carbons (Fsp3) is 0.250. The standard InChI is InChI=1S/C12H14ClN3OS/c13-11-8-10(2-3-12(11)14)18(17)7-1-5-16-6-4-15-9-16/h2-4,6,8-9H,1,5,7,14H2. The average molecular weight is 284 g/mol. The van der Waals surface area contributed by atoms with Crippen molar-refractivity contribution in [3.05, 3.63) is 41.9 Å². The quantitative estimate of drug-likeness (QED) is 0.857. The Balaban J connectivity index is 1.89. The first kappa shape index (κ1) is 13.1. The lowest BCUT2D eigenvalue weighted by molar-refractivity contribution is 0.658. The van der Waals surface area contributed by atoms with Crippen LogP contribution in [-0.4, -0.2) is 19.5 Å². The van der Waals surface area contributed by atoms with Crippen molar-refractivity contribution >= 4 is 28.1 Å². The van der Waals surface area contributed by atoms with Crippen LogP contribution in [0.3, 0.4) is 0 Å². The zero-order valence-corrected chi connectivity index (χ0v) is 11.3. The van der Waals surface area contributed by atoms with Crippen LogP contribution in [0.25, 0.3) is 0 Å². The van der Waals surface area contributed by atoms with Gasteiger partial charge in [-0.15, -0.1) is 0 Å². The maximum Gasteiger partial charge on any atom is 0.0945 e. The molecule has 1 atom stereocenters. The molecule has 0 radical (unpaired) electrons. The largest absolute Gasteiger partial charge is 0.398 e. The molecule has 0 aliphatic heterocycles. The van der Waals surface area contributed by atoms with Gasteiger partial charge >= 0.3 is 0 Å². The van der Waals surface area contributed by atoms with Crippen molar-refractivity contribution in [1.29, 1.82) is 0 Å². The lowest BCUT2D eigenvalue weighted by atomic mass is 10.3. The Kier molecular flexibility index (Phi) is 4.38. The van der Waals surface area contributed by atoms with Gasteiger partial charge in [0.25, 0.3) is 0 Å². The van der Waals surface area contributed by atoms with Gasteiger partial charge < -0.3 is 10.3 Å². The van der Waals surface area contributed by atoms with Gasteiger partial charge in [0.1, 0.15) is 0 Å². The second-order valence-corrected chi connectivity index (χ2v) is 5.86. The van der Waals surface area contributed by atoms with Crippen molar-refractivity contribution in [3.8, 4) is 0 Å². The Bertz CT molecular complexity index is 542. The number of aryl methyl sites for hydroxylation is 1. The summed E-state index contributed by atoms with van der Waals surface area (Å²) in [5.74, 6) is 0.596. The average Bonchev–Trinajstić information content (AvgIpc) is 2.85. The van der Waals surface area contributed by atoms with Crippen molar-refractivity contribution in [1.82, 2.24) is 9.55 Å². The van der Waals surface area contributed by atoms with Gasteiger partial charge in [0.05, 0.1) is 27.8 Å². The number of hydrogen-bond acceptors (Lipinski definition) is 3. The third-order valence-electron chi connectivity index (χ3n) is 2.54. The summed E-state index contributed by atoms with van der Waals surface area (Å²) in [7, 11) is -1.04. The first-order valence-electron chi connectivity index (χ1n) is 5.56. The van der Waals surface area contributed by atoms with Crippen LogP contribution in [0, 0.1) is 0 Å². The van der Waals surface area contributed by atoms with E-state index in [-0.39, 0.29) is 0 Å². The Hall–Kier alpha value is -1.33. The minimum Gasteiger partial charge on any atom is -0.398 e. The molecule has 0 fully saturated rings. The van der Waals surface area contributed by atoms with Gasteiger partial charge in [-0.2, -0.15) is 0 Å². The predicted molar refractivity (Wildman–Crippen MR) is 74.0 cm³/mol. The van der Waals surface area contributed by atoms with Crippen molar-refractivity contribution in [2.75, 3.05) is 11.5 Å². The van der Waals surface area contributed by atoms with Crippen LogP contribution >= 0.6 is 11.6 Å². The van der Waals surface area contributed by atoms with E-state index < -0.39 is 10.8 Å². The molecule has 0 saturated carbocycles. The number of rotatable bonds is 5. The minimum atomic E-state index is -1.04. The van der Waals surface area contributed by atoms with Crippen LogP contribution in [0.15, 0.2) is 41.8 Å². The van der Waals surface area contributed by atoms with Crippen molar-refractivity contribution in [2.24, 2.45) is 0 Å². The fourth-order valence-corrected chi connectivity index (χ4v) is 2.91. The molecule has 0 amide bonds. The normalized spacial score (nSPS) is 12.5. The molecular weight excluding hydrogens is 270 g/mol. The second kappa shape index (κ2) is 6.02. The molecule has 6 heteroatoms. The molecule has 1 aromatic heterocycles. The Morgan fingerprint density at radius 2 is 2.28 bits per heavy atom. The summed E-state index contributed by atoms with van der Waals surface area (Å²) in [6.45, 7) is 0.814. The fourth-order valence-electron chi connectivity index (χ4n) is 1.56. The van der Waals surface area contributed by atoms with Crippen LogP contribution in [0.1, 0.15) is 6.42 Å². The van der Waals surface area contributed by atoms with Crippen LogP contribution in [-0.2, 0) is 17.3 Å². The summed E-state index contributed by atoms with van der Waals surface area (Å²) >= 11 is 5.90. The first-order valence-corrected chi connectivity index (χ1v) is 7.25. The van der Waals surface area contributed by atoms with E-state index in [0.29, 0.717) is 16.5 Å². The molecule has 18 heavy (non-hydrogen) atoms. The smallest absolute Gasteiger partial charge is 0.0945 e. The maximum absolute atomic E-state index is 12.0. The molecule has 2 aromatic rings. The topological polar surface area (TPSA) is 60.9 Å². The third kappa shape index (κ3) is 3.34. The van der Waals surface area contributed by atoms with Gasteiger partial charge in [0.15, 0.2) is 0 Å². The van der Waals surface area contributed by atoms with Gasteiger partial charge in [-0.3, -0.25) is 4.21 Å². The molecule has 2 N–H and O–H groups in total. The molecule has 0 saturated heterocycles. The number of halogens is 1. The summed E-state index contributed by atoms with van der Waals surface area (Å²) in [5.41, 5.74) is 6.12. The summed E-state index contributed by atoms with van der Waals surface area (Å²) in [4.78, 5) is 4.68. The number of anilines is 1. The van der Waals surface area contributed by atoms with E-state index in [4.69, 9.17) is 17.3 Å². The number of nitrogen functional groups attached to an aromatic ring is 1. The van der Waals surface area contributed by atoms with Crippen LogP contribution in [0.2, 0.25) is 5.02 Å². The van der Waals surface area contributed by atoms with Crippen LogP contribution < -0.4 is 5.73 Å². The molecule has 0 bridgehead atoms. The lowest BCUT2D eigenvalue weighted by Crippen LogP contribution is -2.03. The number of nitrogens with two attached hydrogens (primary N) is 1. The summed E-state index contributed by atoms with van der Waals surface area (Å²) in [6.07, 6.45) is 6.20. The number of imidazole rings is 1. The molecule has 4 nitrogen and oxygen atoms in total. The summed E-state index contributed by atoms with van der Waals surface area (Å²) in [6, 6.07) is 5.12. The van der Waals surface area contributed by atoms with E-state index in [1.165, 1.54) is 0 Å².